The van der Waals surface area contributed by atoms with Gasteiger partial charge in [-0.25, -0.2) is 19.3 Å². The molecule has 0 aliphatic heterocycles. The standard InChI is InChI=1S/C16H17FN4OS/c1-9-19-15(14-16(20-9)23-10(2)21-14)18-8-7-13(22)11-3-5-12(17)6-4-11/h3-6,13,22H,7-8H2,1-2H3,(H,18,19,20). The number of aliphatic hydroxyl groups is 1. The Morgan fingerprint density at radius 2 is 1.91 bits per heavy atom. The van der Waals surface area contributed by atoms with Gasteiger partial charge in [0, 0.05) is 6.54 Å². The van der Waals surface area contributed by atoms with Crippen LogP contribution >= 0.6 is 11.3 Å². The van der Waals surface area contributed by atoms with Crippen LogP contribution in [0.3, 0.4) is 0 Å². The molecule has 1 aromatic carbocycles. The van der Waals surface area contributed by atoms with Crippen LogP contribution in [-0.2, 0) is 0 Å². The van der Waals surface area contributed by atoms with Gasteiger partial charge in [-0.15, -0.1) is 0 Å². The van der Waals surface area contributed by atoms with Crippen molar-refractivity contribution in [1.82, 2.24) is 15.0 Å². The Balaban J connectivity index is 1.67. The number of aliphatic hydroxyl groups excluding tert-OH is 1. The van der Waals surface area contributed by atoms with Crippen molar-refractivity contribution < 1.29 is 9.50 Å². The lowest BCUT2D eigenvalue weighted by Gasteiger charge is -2.12. The van der Waals surface area contributed by atoms with Crippen molar-refractivity contribution in [1.29, 1.82) is 0 Å². The molecule has 120 valence electrons. The molecule has 0 spiro atoms. The molecule has 3 rings (SSSR count). The number of aromatic nitrogens is 3. The maximum atomic E-state index is 12.9. The lowest BCUT2D eigenvalue weighted by atomic mass is 10.1. The summed E-state index contributed by atoms with van der Waals surface area (Å²) in [7, 11) is 0. The molecule has 2 N–H and O–H groups in total. The number of nitrogens with zero attached hydrogens (tertiary/aromatic N) is 3. The minimum Gasteiger partial charge on any atom is -0.388 e. The maximum Gasteiger partial charge on any atom is 0.157 e. The smallest absolute Gasteiger partial charge is 0.157 e. The Morgan fingerprint density at radius 3 is 2.65 bits per heavy atom. The van der Waals surface area contributed by atoms with E-state index in [4.69, 9.17) is 0 Å². The van der Waals surface area contributed by atoms with Gasteiger partial charge in [0.15, 0.2) is 5.82 Å². The van der Waals surface area contributed by atoms with Crippen molar-refractivity contribution in [2.45, 2.75) is 26.4 Å². The van der Waals surface area contributed by atoms with Gasteiger partial charge in [-0.1, -0.05) is 23.5 Å². The number of anilines is 1. The van der Waals surface area contributed by atoms with Crippen LogP contribution in [0.5, 0.6) is 0 Å². The molecular formula is C16H17FN4OS. The van der Waals surface area contributed by atoms with Crippen molar-refractivity contribution in [2.24, 2.45) is 0 Å². The number of thiazole rings is 1. The average molecular weight is 332 g/mol. The molecular weight excluding hydrogens is 315 g/mol. The fourth-order valence-corrected chi connectivity index (χ4v) is 3.17. The third-order valence-electron chi connectivity index (χ3n) is 3.44. The van der Waals surface area contributed by atoms with E-state index in [0.717, 1.165) is 15.4 Å². The van der Waals surface area contributed by atoms with E-state index >= 15 is 0 Å². The van der Waals surface area contributed by atoms with Gasteiger partial charge in [0.1, 0.15) is 22.0 Å². The van der Waals surface area contributed by atoms with Crippen molar-refractivity contribution >= 4 is 27.5 Å². The Bertz CT molecular complexity index is 819. The first-order valence-corrected chi connectivity index (χ1v) is 8.14. The summed E-state index contributed by atoms with van der Waals surface area (Å²) in [5, 5.41) is 14.3. The monoisotopic (exact) mass is 332 g/mol. The second kappa shape index (κ2) is 6.55. The van der Waals surface area contributed by atoms with Crippen molar-refractivity contribution in [3.63, 3.8) is 0 Å². The van der Waals surface area contributed by atoms with Crippen LogP contribution < -0.4 is 5.32 Å². The second-order valence-corrected chi connectivity index (χ2v) is 6.47. The van der Waals surface area contributed by atoms with Crippen LogP contribution in [0.4, 0.5) is 10.2 Å². The van der Waals surface area contributed by atoms with Crippen LogP contribution in [0.25, 0.3) is 10.3 Å². The van der Waals surface area contributed by atoms with E-state index in [1.165, 1.54) is 23.5 Å². The highest BCUT2D eigenvalue weighted by atomic mass is 32.1. The molecule has 1 unspecified atom stereocenters. The predicted octanol–water partition coefficient (Wildman–Crippen LogP) is 3.38. The summed E-state index contributed by atoms with van der Waals surface area (Å²) in [6, 6.07) is 5.89. The van der Waals surface area contributed by atoms with Crippen LogP contribution in [0.2, 0.25) is 0 Å². The normalized spacial score (nSPS) is 12.5. The van der Waals surface area contributed by atoms with Gasteiger partial charge in [0.25, 0.3) is 0 Å². The molecule has 7 heteroatoms. The summed E-state index contributed by atoms with van der Waals surface area (Å²) in [5.41, 5.74) is 1.45. The number of fused-ring (bicyclic) bond motifs is 1. The molecule has 0 aliphatic carbocycles. The number of aryl methyl sites for hydroxylation is 2. The zero-order valence-electron chi connectivity index (χ0n) is 12.9. The minimum absolute atomic E-state index is 0.308. The maximum absolute atomic E-state index is 12.9. The molecule has 0 fully saturated rings. The Labute approximate surface area is 137 Å². The Hall–Kier alpha value is -2.12. The second-order valence-electron chi connectivity index (χ2n) is 5.29. The zero-order chi connectivity index (χ0) is 16.4. The van der Waals surface area contributed by atoms with Gasteiger partial charge in [-0.2, -0.15) is 0 Å². The number of hydrogen-bond acceptors (Lipinski definition) is 6. The SMILES string of the molecule is Cc1nc(NCCC(O)c2ccc(F)cc2)c2nc(C)sc2n1. The molecule has 5 nitrogen and oxygen atoms in total. The third-order valence-corrected chi connectivity index (χ3v) is 4.31. The first-order valence-electron chi connectivity index (χ1n) is 7.32. The number of benzene rings is 1. The van der Waals surface area contributed by atoms with Gasteiger partial charge in [-0.05, 0) is 38.0 Å². The Morgan fingerprint density at radius 1 is 1.17 bits per heavy atom. The van der Waals surface area contributed by atoms with Gasteiger partial charge in [0.05, 0.1) is 11.1 Å². The van der Waals surface area contributed by atoms with Gasteiger partial charge >= 0.3 is 0 Å². The summed E-state index contributed by atoms with van der Waals surface area (Å²) in [4.78, 5) is 14.1. The quantitative estimate of drug-likeness (QED) is 0.749. The third kappa shape index (κ3) is 3.62. The highest BCUT2D eigenvalue weighted by Crippen LogP contribution is 2.25. The lowest BCUT2D eigenvalue weighted by Crippen LogP contribution is -2.10. The van der Waals surface area contributed by atoms with E-state index in [-0.39, 0.29) is 5.82 Å². The molecule has 0 amide bonds. The summed E-state index contributed by atoms with van der Waals surface area (Å²) >= 11 is 1.53. The van der Waals surface area contributed by atoms with Gasteiger partial charge in [0.2, 0.25) is 0 Å². The molecule has 0 radical (unpaired) electrons. The van der Waals surface area contributed by atoms with Crippen LogP contribution in [-0.4, -0.2) is 26.6 Å². The number of halogens is 1. The van der Waals surface area contributed by atoms with E-state index < -0.39 is 6.10 Å². The molecule has 2 heterocycles. The molecule has 3 aromatic rings. The van der Waals surface area contributed by atoms with Gasteiger partial charge in [-0.3, -0.25) is 0 Å². The van der Waals surface area contributed by atoms with E-state index in [0.29, 0.717) is 30.2 Å². The zero-order valence-corrected chi connectivity index (χ0v) is 13.7. The fraction of sp³-hybridized carbons (Fsp3) is 0.312. The van der Waals surface area contributed by atoms with Crippen LogP contribution in [0, 0.1) is 19.7 Å². The first-order chi connectivity index (χ1) is 11.0. The molecule has 0 saturated heterocycles. The van der Waals surface area contributed by atoms with Crippen molar-refractivity contribution in [3.8, 4) is 0 Å². The first kappa shape index (κ1) is 15.8. The van der Waals surface area contributed by atoms with E-state index in [9.17, 15) is 9.50 Å². The fourth-order valence-electron chi connectivity index (χ4n) is 2.34. The van der Waals surface area contributed by atoms with Crippen LogP contribution in [0.15, 0.2) is 24.3 Å². The summed E-state index contributed by atoms with van der Waals surface area (Å²) in [6.45, 7) is 4.30. The summed E-state index contributed by atoms with van der Waals surface area (Å²) < 4.78 is 12.9. The molecule has 0 bridgehead atoms. The van der Waals surface area contributed by atoms with E-state index in [1.807, 2.05) is 13.8 Å². The highest BCUT2D eigenvalue weighted by molar-refractivity contribution is 7.18. The van der Waals surface area contributed by atoms with Crippen molar-refractivity contribution in [2.75, 3.05) is 11.9 Å². The molecule has 0 saturated carbocycles. The summed E-state index contributed by atoms with van der Waals surface area (Å²) in [6.07, 6.45) is -0.169. The predicted molar refractivity (Wildman–Crippen MR) is 89.2 cm³/mol. The number of rotatable bonds is 5. The van der Waals surface area contributed by atoms with Crippen molar-refractivity contribution in [3.05, 3.63) is 46.5 Å². The number of hydrogen-bond donors (Lipinski definition) is 2. The number of nitrogens with one attached hydrogen (secondary N) is 1. The molecule has 0 aliphatic rings. The largest absolute Gasteiger partial charge is 0.388 e. The van der Waals surface area contributed by atoms with E-state index in [1.54, 1.807) is 12.1 Å². The van der Waals surface area contributed by atoms with Crippen LogP contribution in [0.1, 0.15) is 28.9 Å². The van der Waals surface area contributed by atoms with E-state index in [2.05, 4.69) is 20.3 Å². The average Bonchev–Trinajstić information content (AvgIpc) is 2.88. The van der Waals surface area contributed by atoms with Gasteiger partial charge < -0.3 is 10.4 Å². The minimum atomic E-state index is -0.654. The lowest BCUT2D eigenvalue weighted by molar-refractivity contribution is 0.171. The summed E-state index contributed by atoms with van der Waals surface area (Å²) in [5.74, 6) is 1.06. The highest BCUT2D eigenvalue weighted by Gasteiger charge is 2.12. The Kier molecular flexibility index (Phi) is 4.49. The molecule has 1 atom stereocenters. The topological polar surface area (TPSA) is 70.9 Å². The molecule has 23 heavy (non-hydrogen) atoms. The molecule has 2 aromatic heterocycles.